The van der Waals surface area contributed by atoms with Gasteiger partial charge in [0.1, 0.15) is 17.1 Å². The fourth-order valence-electron chi connectivity index (χ4n) is 2.73. The second kappa shape index (κ2) is 6.97. The van der Waals surface area contributed by atoms with Crippen molar-refractivity contribution < 1.29 is 18.4 Å². The van der Waals surface area contributed by atoms with E-state index in [1.807, 2.05) is 25.1 Å². The van der Waals surface area contributed by atoms with E-state index in [4.69, 9.17) is 10.2 Å². The summed E-state index contributed by atoms with van der Waals surface area (Å²) in [4.78, 5) is 26.3. The standard InChI is InChI=1S/C19H18FN3O3/c1-23(2)10-11-4-3-5-12(8-11)19(25)22-16-14-9-13(20)6-7-15(14)26-17(16)18(21)24/h3-9H,10H2,1-2H3,(H2,21,24)(H,22,25). The van der Waals surface area contributed by atoms with E-state index in [1.54, 1.807) is 18.2 Å². The van der Waals surface area contributed by atoms with Gasteiger partial charge in [0.2, 0.25) is 5.76 Å². The van der Waals surface area contributed by atoms with Crippen molar-refractivity contribution >= 4 is 28.5 Å². The molecule has 6 nitrogen and oxygen atoms in total. The number of nitrogens with zero attached hydrogens (tertiary/aromatic N) is 1. The van der Waals surface area contributed by atoms with E-state index < -0.39 is 17.6 Å². The Morgan fingerprint density at radius 3 is 2.65 bits per heavy atom. The first-order chi connectivity index (χ1) is 12.3. The molecule has 26 heavy (non-hydrogen) atoms. The fourth-order valence-corrected chi connectivity index (χ4v) is 2.73. The number of benzene rings is 2. The van der Waals surface area contributed by atoms with E-state index in [2.05, 4.69) is 5.32 Å². The SMILES string of the molecule is CN(C)Cc1cccc(C(=O)Nc2c(C(N)=O)oc3ccc(F)cc23)c1. The summed E-state index contributed by atoms with van der Waals surface area (Å²) in [5.74, 6) is -2.03. The molecule has 0 aliphatic heterocycles. The third-order valence-corrected chi connectivity index (χ3v) is 3.80. The maximum atomic E-state index is 13.6. The second-order valence-corrected chi connectivity index (χ2v) is 6.20. The average molecular weight is 355 g/mol. The number of hydrogen-bond donors (Lipinski definition) is 2. The van der Waals surface area contributed by atoms with Gasteiger partial charge in [0.15, 0.2) is 0 Å². The van der Waals surface area contributed by atoms with Crippen LogP contribution in [0.2, 0.25) is 0 Å². The van der Waals surface area contributed by atoms with E-state index in [-0.39, 0.29) is 22.4 Å². The summed E-state index contributed by atoms with van der Waals surface area (Å²) in [5.41, 5.74) is 7.02. The molecule has 3 rings (SSSR count). The van der Waals surface area contributed by atoms with Crippen LogP contribution in [-0.4, -0.2) is 30.8 Å². The van der Waals surface area contributed by atoms with Crippen LogP contribution in [0, 0.1) is 5.82 Å². The summed E-state index contributed by atoms with van der Waals surface area (Å²) in [6.07, 6.45) is 0. The zero-order valence-corrected chi connectivity index (χ0v) is 14.4. The quantitative estimate of drug-likeness (QED) is 0.736. The van der Waals surface area contributed by atoms with Crippen molar-refractivity contribution in [2.24, 2.45) is 5.73 Å². The van der Waals surface area contributed by atoms with Crippen LogP contribution in [0.3, 0.4) is 0 Å². The van der Waals surface area contributed by atoms with Gasteiger partial charge in [0, 0.05) is 17.5 Å². The van der Waals surface area contributed by atoms with Gasteiger partial charge in [-0.05, 0) is 50.0 Å². The van der Waals surface area contributed by atoms with Gasteiger partial charge in [-0.3, -0.25) is 9.59 Å². The number of nitrogens with two attached hydrogens (primary N) is 1. The van der Waals surface area contributed by atoms with Gasteiger partial charge in [-0.2, -0.15) is 0 Å². The van der Waals surface area contributed by atoms with E-state index in [9.17, 15) is 14.0 Å². The van der Waals surface area contributed by atoms with Crippen molar-refractivity contribution in [3.05, 3.63) is 65.2 Å². The topological polar surface area (TPSA) is 88.6 Å². The number of furan rings is 1. The van der Waals surface area contributed by atoms with Gasteiger partial charge in [0.25, 0.3) is 11.8 Å². The van der Waals surface area contributed by atoms with E-state index in [0.717, 1.165) is 5.56 Å². The molecule has 134 valence electrons. The fraction of sp³-hybridized carbons (Fsp3) is 0.158. The Balaban J connectivity index is 1.98. The monoisotopic (exact) mass is 355 g/mol. The Morgan fingerprint density at radius 2 is 1.96 bits per heavy atom. The highest BCUT2D eigenvalue weighted by Gasteiger charge is 2.21. The molecule has 0 radical (unpaired) electrons. The molecule has 0 atom stereocenters. The molecule has 0 aliphatic carbocycles. The Bertz CT molecular complexity index is 995. The van der Waals surface area contributed by atoms with Crippen LogP contribution in [0.1, 0.15) is 26.5 Å². The lowest BCUT2D eigenvalue weighted by Crippen LogP contribution is -2.17. The summed E-state index contributed by atoms with van der Waals surface area (Å²) in [6, 6.07) is 10.9. The molecule has 3 aromatic rings. The van der Waals surface area contributed by atoms with Crippen molar-refractivity contribution in [3.63, 3.8) is 0 Å². The highest BCUT2D eigenvalue weighted by Crippen LogP contribution is 2.31. The van der Waals surface area contributed by atoms with Gasteiger partial charge in [-0.25, -0.2) is 4.39 Å². The minimum atomic E-state index is -0.849. The number of amides is 2. The molecule has 7 heteroatoms. The molecule has 0 unspecified atom stereocenters. The van der Waals surface area contributed by atoms with Crippen molar-refractivity contribution in [2.75, 3.05) is 19.4 Å². The molecule has 0 aliphatic rings. The van der Waals surface area contributed by atoms with Crippen LogP contribution >= 0.6 is 0 Å². The summed E-state index contributed by atoms with van der Waals surface area (Å²) >= 11 is 0. The summed E-state index contributed by atoms with van der Waals surface area (Å²) < 4.78 is 19.0. The predicted octanol–water partition coefficient (Wildman–Crippen LogP) is 2.98. The zero-order chi connectivity index (χ0) is 18.8. The van der Waals surface area contributed by atoms with Gasteiger partial charge in [0.05, 0.1) is 0 Å². The summed E-state index contributed by atoms with van der Waals surface area (Å²) in [7, 11) is 3.86. The first kappa shape index (κ1) is 17.6. The minimum Gasteiger partial charge on any atom is -0.449 e. The number of carbonyl (C=O) groups is 2. The number of halogens is 1. The van der Waals surface area contributed by atoms with Crippen LogP contribution in [0.4, 0.5) is 10.1 Å². The van der Waals surface area contributed by atoms with Gasteiger partial charge in [-0.15, -0.1) is 0 Å². The smallest absolute Gasteiger partial charge is 0.286 e. The molecule has 1 heterocycles. The van der Waals surface area contributed by atoms with Crippen LogP contribution in [0.15, 0.2) is 46.9 Å². The van der Waals surface area contributed by atoms with Crippen LogP contribution < -0.4 is 11.1 Å². The third-order valence-electron chi connectivity index (χ3n) is 3.80. The lowest BCUT2D eigenvalue weighted by Gasteiger charge is -2.11. The number of nitrogens with one attached hydrogen (secondary N) is 1. The van der Waals surface area contributed by atoms with E-state index >= 15 is 0 Å². The van der Waals surface area contributed by atoms with Crippen molar-refractivity contribution in [2.45, 2.75) is 6.54 Å². The number of anilines is 1. The molecule has 0 fully saturated rings. The normalized spacial score (nSPS) is 11.1. The highest BCUT2D eigenvalue weighted by molar-refractivity contribution is 6.14. The molecule has 1 aromatic heterocycles. The molecular formula is C19H18FN3O3. The summed E-state index contributed by atoms with van der Waals surface area (Å²) in [6.45, 7) is 0.674. The van der Waals surface area contributed by atoms with Crippen LogP contribution in [-0.2, 0) is 6.54 Å². The van der Waals surface area contributed by atoms with Crippen molar-refractivity contribution in [1.82, 2.24) is 4.90 Å². The Morgan fingerprint density at radius 1 is 1.19 bits per heavy atom. The first-order valence-electron chi connectivity index (χ1n) is 7.92. The van der Waals surface area contributed by atoms with Crippen molar-refractivity contribution in [3.8, 4) is 0 Å². The number of rotatable bonds is 5. The number of hydrogen-bond acceptors (Lipinski definition) is 4. The van der Waals surface area contributed by atoms with E-state index in [1.165, 1.54) is 18.2 Å². The third kappa shape index (κ3) is 3.57. The molecule has 2 aromatic carbocycles. The molecule has 0 saturated heterocycles. The Labute approximate surface area is 149 Å². The number of fused-ring (bicyclic) bond motifs is 1. The second-order valence-electron chi connectivity index (χ2n) is 6.20. The molecule has 3 N–H and O–H groups in total. The lowest BCUT2D eigenvalue weighted by molar-refractivity contribution is 0.0977. The largest absolute Gasteiger partial charge is 0.449 e. The zero-order valence-electron chi connectivity index (χ0n) is 14.4. The van der Waals surface area contributed by atoms with Gasteiger partial charge >= 0.3 is 0 Å². The van der Waals surface area contributed by atoms with E-state index in [0.29, 0.717) is 12.1 Å². The van der Waals surface area contributed by atoms with Crippen molar-refractivity contribution in [1.29, 1.82) is 0 Å². The molecular weight excluding hydrogens is 337 g/mol. The average Bonchev–Trinajstić information content (AvgIpc) is 2.92. The number of carbonyl (C=O) groups excluding carboxylic acids is 2. The van der Waals surface area contributed by atoms with Gasteiger partial charge < -0.3 is 20.4 Å². The highest BCUT2D eigenvalue weighted by atomic mass is 19.1. The molecule has 0 bridgehead atoms. The first-order valence-corrected chi connectivity index (χ1v) is 7.92. The maximum absolute atomic E-state index is 13.6. The minimum absolute atomic E-state index is 0.0648. The van der Waals surface area contributed by atoms with Crippen LogP contribution in [0.25, 0.3) is 11.0 Å². The molecule has 2 amide bonds. The Hall–Kier alpha value is -3.19. The van der Waals surface area contributed by atoms with Gasteiger partial charge in [-0.1, -0.05) is 12.1 Å². The maximum Gasteiger partial charge on any atom is 0.286 e. The van der Waals surface area contributed by atoms with Crippen LogP contribution in [0.5, 0.6) is 0 Å². The summed E-state index contributed by atoms with van der Waals surface area (Å²) in [5, 5.41) is 2.90. The predicted molar refractivity (Wildman–Crippen MR) is 96.5 cm³/mol. The Kier molecular flexibility index (Phi) is 4.73. The lowest BCUT2D eigenvalue weighted by atomic mass is 10.1. The molecule has 0 spiro atoms. The molecule has 0 saturated carbocycles. The number of primary amides is 1.